The zero-order valence-electron chi connectivity index (χ0n) is 18.2. The molecular formula is C26H14F5N5. The van der Waals surface area contributed by atoms with Crippen molar-refractivity contribution in [3.8, 4) is 17.2 Å². The number of rotatable bonds is 3. The lowest BCUT2D eigenvalue weighted by atomic mass is 9.76. The van der Waals surface area contributed by atoms with Crippen molar-refractivity contribution in [2.24, 2.45) is 10.7 Å². The Labute approximate surface area is 201 Å². The summed E-state index contributed by atoms with van der Waals surface area (Å²) in [6.07, 6.45) is -1.05. The molecule has 10 heteroatoms. The Hall–Kier alpha value is -4.65. The van der Waals surface area contributed by atoms with Crippen molar-refractivity contribution in [2.75, 3.05) is 0 Å². The van der Waals surface area contributed by atoms with Gasteiger partial charge in [-0.15, -0.1) is 0 Å². The third-order valence-corrected chi connectivity index (χ3v) is 5.97. The monoisotopic (exact) mass is 491 g/mol. The van der Waals surface area contributed by atoms with E-state index in [1.54, 1.807) is 0 Å². The van der Waals surface area contributed by atoms with Gasteiger partial charge in [-0.3, -0.25) is 9.97 Å². The van der Waals surface area contributed by atoms with E-state index in [1.807, 2.05) is 6.07 Å². The Kier molecular flexibility index (Phi) is 5.29. The van der Waals surface area contributed by atoms with Crippen LogP contribution in [0.15, 0.2) is 78.2 Å². The van der Waals surface area contributed by atoms with E-state index in [0.717, 1.165) is 24.4 Å². The summed E-state index contributed by atoms with van der Waals surface area (Å²) >= 11 is 0. The SMILES string of the molecule is N#Cc1cncc(-c2ccc(F)c(C3(c4ccnc(C(F)(F)F)c4)N=C(N)c4c(F)cccc43)c2)c1. The molecule has 2 N–H and O–H groups in total. The molecule has 1 aliphatic rings. The molecule has 4 aromatic rings. The minimum atomic E-state index is -4.79. The summed E-state index contributed by atoms with van der Waals surface area (Å²) in [7, 11) is 0. The number of halogens is 5. The Bertz CT molecular complexity index is 1590. The van der Waals surface area contributed by atoms with E-state index < -0.39 is 29.0 Å². The second-order valence-electron chi connectivity index (χ2n) is 8.07. The number of amidine groups is 1. The van der Waals surface area contributed by atoms with Crippen LogP contribution in [0.1, 0.15) is 33.5 Å². The largest absolute Gasteiger partial charge is 0.433 e. The number of aliphatic imine (C=N–C) groups is 1. The van der Waals surface area contributed by atoms with E-state index in [1.165, 1.54) is 48.8 Å². The van der Waals surface area contributed by atoms with Crippen LogP contribution < -0.4 is 5.73 Å². The topological polar surface area (TPSA) is 88.0 Å². The molecule has 1 unspecified atom stereocenters. The smallest absolute Gasteiger partial charge is 0.383 e. The molecule has 1 atom stereocenters. The van der Waals surface area contributed by atoms with Crippen LogP contribution in [0.25, 0.3) is 11.1 Å². The second kappa shape index (κ2) is 8.23. The van der Waals surface area contributed by atoms with Gasteiger partial charge in [0, 0.05) is 35.3 Å². The minimum Gasteiger partial charge on any atom is -0.383 e. The standard InChI is InChI=1S/C26H14F5N5/c27-20-5-4-15(16-8-14(11-32)12-34-13-16)9-19(20)25(17-6-7-35-22(10-17)26(29,30)31)18-2-1-3-21(28)23(18)24(33)36-25/h1-10,12-13H,(H2,33,36). The third kappa shape index (κ3) is 3.56. The molecule has 0 saturated heterocycles. The maximum absolute atomic E-state index is 15.6. The molecule has 1 aliphatic heterocycles. The summed E-state index contributed by atoms with van der Waals surface area (Å²) in [6.45, 7) is 0. The number of hydrogen-bond donors (Lipinski definition) is 1. The van der Waals surface area contributed by atoms with Gasteiger partial charge in [-0.25, -0.2) is 13.8 Å². The minimum absolute atomic E-state index is 0.0827. The van der Waals surface area contributed by atoms with Gasteiger partial charge in [0.2, 0.25) is 0 Å². The highest BCUT2D eigenvalue weighted by Crippen LogP contribution is 2.48. The quantitative estimate of drug-likeness (QED) is 0.393. The predicted octanol–water partition coefficient (Wildman–Crippen LogP) is 5.32. The van der Waals surface area contributed by atoms with Crippen LogP contribution in [-0.2, 0) is 11.7 Å². The molecule has 0 fully saturated rings. The number of hydrogen-bond acceptors (Lipinski definition) is 5. The first-order valence-corrected chi connectivity index (χ1v) is 10.5. The van der Waals surface area contributed by atoms with Crippen molar-refractivity contribution in [3.05, 3.63) is 118 Å². The van der Waals surface area contributed by atoms with Crippen LogP contribution in [0.2, 0.25) is 0 Å². The number of fused-ring (bicyclic) bond motifs is 1. The Morgan fingerprint density at radius 2 is 1.69 bits per heavy atom. The second-order valence-corrected chi connectivity index (χ2v) is 8.07. The van der Waals surface area contributed by atoms with Crippen molar-refractivity contribution >= 4 is 5.84 Å². The average Bonchev–Trinajstić information content (AvgIpc) is 3.18. The fourth-order valence-electron chi connectivity index (χ4n) is 4.42. The van der Waals surface area contributed by atoms with Gasteiger partial charge in [-0.05, 0) is 47.5 Å². The fraction of sp³-hybridized carbons (Fsp3) is 0.0769. The third-order valence-electron chi connectivity index (χ3n) is 5.97. The highest BCUT2D eigenvalue weighted by molar-refractivity contribution is 6.03. The normalized spacial score (nSPS) is 16.8. The van der Waals surface area contributed by atoms with Gasteiger partial charge in [0.15, 0.2) is 0 Å². The molecule has 5 nitrogen and oxygen atoms in total. The molecule has 0 radical (unpaired) electrons. The summed E-state index contributed by atoms with van der Waals surface area (Å²) in [4.78, 5) is 11.8. The maximum Gasteiger partial charge on any atom is 0.433 e. The van der Waals surface area contributed by atoms with E-state index in [2.05, 4.69) is 15.0 Å². The lowest BCUT2D eigenvalue weighted by Crippen LogP contribution is -2.28. The number of alkyl halides is 3. The lowest BCUT2D eigenvalue weighted by Gasteiger charge is -2.30. The van der Waals surface area contributed by atoms with E-state index in [4.69, 9.17) is 5.73 Å². The van der Waals surface area contributed by atoms with Crippen molar-refractivity contribution in [1.82, 2.24) is 9.97 Å². The molecule has 0 spiro atoms. The number of benzene rings is 2. The van der Waals surface area contributed by atoms with E-state index in [-0.39, 0.29) is 33.7 Å². The van der Waals surface area contributed by atoms with Crippen LogP contribution in [0, 0.1) is 23.0 Å². The van der Waals surface area contributed by atoms with Crippen molar-refractivity contribution in [3.63, 3.8) is 0 Å². The first-order valence-electron chi connectivity index (χ1n) is 10.5. The molecule has 0 saturated carbocycles. The summed E-state index contributed by atoms with van der Waals surface area (Å²) in [5.74, 6) is -1.84. The predicted molar refractivity (Wildman–Crippen MR) is 121 cm³/mol. The summed E-state index contributed by atoms with van der Waals surface area (Å²) in [5.41, 5.74) is 3.74. The maximum atomic E-state index is 15.6. The van der Waals surface area contributed by atoms with E-state index in [9.17, 15) is 22.8 Å². The Balaban J connectivity index is 1.85. The number of pyridine rings is 2. The zero-order valence-corrected chi connectivity index (χ0v) is 18.2. The summed E-state index contributed by atoms with van der Waals surface area (Å²) < 4.78 is 71.1. The van der Waals surface area contributed by atoms with Gasteiger partial charge in [0.25, 0.3) is 0 Å². The van der Waals surface area contributed by atoms with Gasteiger partial charge in [0.1, 0.15) is 34.8 Å². The highest BCUT2D eigenvalue weighted by Gasteiger charge is 2.47. The molecule has 2 aromatic carbocycles. The fourth-order valence-corrected chi connectivity index (χ4v) is 4.42. The first-order chi connectivity index (χ1) is 17.1. The molecular weight excluding hydrogens is 477 g/mol. The number of nitrogens with zero attached hydrogens (tertiary/aromatic N) is 4. The molecule has 3 heterocycles. The van der Waals surface area contributed by atoms with Crippen LogP contribution in [0.4, 0.5) is 22.0 Å². The van der Waals surface area contributed by atoms with Crippen molar-refractivity contribution in [1.29, 1.82) is 5.26 Å². The van der Waals surface area contributed by atoms with Gasteiger partial charge < -0.3 is 5.73 Å². The van der Waals surface area contributed by atoms with Crippen LogP contribution in [0.5, 0.6) is 0 Å². The Morgan fingerprint density at radius 1 is 0.889 bits per heavy atom. The molecule has 178 valence electrons. The number of aromatic nitrogens is 2. The van der Waals surface area contributed by atoms with Crippen molar-refractivity contribution < 1.29 is 22.0 Å². The Morgan fingerprint density at radius 3 is 2.44 bits per heavy atom. The zero-order chi connectivity index (χ0) is 25.7. The van der Waals surface area contributed by atoms with Crippen LogP contribution >= 0.6 is 0 Å². The van der Waals surface area contributed by atoms with Gasteiger partial charge in [0.05, 0.1) is 11.1 Å². The summed E-state index contributed by atoms with van der Waals surface area (Å²) in [5, 5.41) is 9.21. The molecule has 0 bridgehead atoms. The molecule has 0 amide bonds. The van der Waals surface area contributed by atoms with Crippen molar-refractivity contribution in [2.45, 2.75) is 11.7 Å². The van der Waals surface area contributed by atoms with E-state index >= 15 is 4.39 Å². The number of nitriles is 1. The molecule has 36 heavy (non-hydrogen) atoms. The number of nitrogens with two attached hydrogens (primary N) is 1. The van der Waals surface area contributed by atoms with Gasteiger partial charge in [-0.1, -0.05) is 18.2 Å². The average molecular weight is 491 g/mol. The molecule has 5 rings (SSSR count). The van der Waals surface area contributed by atoms with Crippen LogP contribution in [0.3, 0.4) is 0 Å². The summed E-state index contributed by atoms with van der Waals surface area (Å²) in [6, 6.07) is 13.4. The molecule has 0 aliphatic carbocycles. The van der Waals surface area contributed by atoms with E-state index in [0.29, 0.717) is 11.1 Å². The lowest BCUT2D eigenvalue weighted by molar-refractivity contribution is -0.141. The van der Waals surface area contributed by atoms with Gasteiger partial charge >= 0.3 is 6.18 Å². The molecule has 2 aromatic heterocycles. The van der Waals surface area contributed by atoms with Crippen LogP contribution in [-0.4, -0.2) is 15.8 Å². The first kappa shape index (κ1) is 23.1. The van der Waals surface area contributed by atoms with Gasteiger partial charge in [-0.2, -0.15) is 18.4 Å². The highest BCUT2D eigenvalue weighted by atomic mass is 19.4.